The molecule has 1 heterocycles. The van der Waals surface area contributed by atoms with Crippen LogP contribution in [0, 0.1) is 6.92 Å². The smallest absolute Gasteiger partial charge is 0.133 e. The van der Waals surface area contributed by atoms with E-state index in [4.69, 9.17) is 16.6 Å². The van der Waals surface area contributed by atoms with Crippen molar-refractivity contribution in [3.63, 3.8) is 0 Å². The number of halogens is 1. The molecule has 0 unspecified atom stereocenters. The van der Waals surface area contributed by atoms with Gasteiger partial charge in [-0.05, 0) is 12.5 Å². The lowest BCUT2D eigenvalue weighted by Gasteiger charge is -2.24. The molecule has 0 fully saturated rings. The second kappa shape index (κ2) is 7.41. The molecule has 4 heteroatoms. The lowest BCUT2D eigenvalue weighted by atomic mass is 10.2. The van der Waals surface area contributed by atoms with Crippen LogP contribution in [-0.2, 0) is 6.54 Å². The van der Waals surface area contributed by atoms with Crippen molar-refractivity contribution in [1.29, 1.82) is 0 Å². The first-order valence-electron chi connectivity index (χ1n) is 7.30. The van der Waals surface area contributed by atoms with E-state index in [9.17, 15) is 0 Å². The van der Waals surface area contributed by atoms with E-state index in [1.54, 1.807) is 0 Å². The molecule has 112 valence electrons. The van der Waals surface area contributed by atoms with Crippen LogP contribution in [0.3, 0.4) is 0 Å². The summed E-state index contributed by atoms with van der Waals surface area (Å²) in [6.45, 7) is 7.81. The Bertz CT molecular complexity index is 570. The maximum atomic E-state index is 5.97. The molecule has 0 amide bonds. The van der Waals surface area contributed by atoms with Gasteiger partial charge in [-0.3, -0.25) is 0 Å². The minimum atomic E-state index is 0.318. The van der Waals surface area contributed by atoms with Crippen molar-refractivity contribution >= 4 is 17.4 Å². The second-order valence-electron chi connectivity index (χ2n) is 5.48. The SMILES string of the molecule is Cc1cc(N(CCCl)Cc2ccccc2)nc(C(C)C)n1. The van der Waals surface area contributed by atoms with Gasteiger partial charge in [-0.25, -0.2) is 9.97 Å². The molecular weight excluding hydrogens is 282 g/mol. The topological polar surface area (TPSA) is 29.0 Å². The predicted molar refractivity (Wildman–Crippen MR) is 89.1 cm³/mol. The van der Waals surface area contributed by atoms with Crippen molar-refractivity contribution in [3.8, 4) is 0 Å². The Morgan fingerprint density at radius 3 is 2.48 bits per heavy atom. The van der Waals surface area contributed by atoms with E-state index < -0.39 is 0 Å². The molecule has 2 aromatic rings. The molecule has 0 spiro atoms. The molecule has 0 aliphatic carbocycles. The van der Waals surface area contributed by atoms with Crippen molar-refractivity contribution in [3.05, 3.63) is 53.5 Å². The summed E-state index contributed by atoms with van der Waals surface area (Å²) in [5.41, 5.74) is 2.25. The lowest BCUT2D eigenvalue weighted by molar-refractivity contribution is 0.742. The Labute approximate surface area is 132 Å². The van der Waals surface area contributed by atoms with Crippen LogP contribution in [-0.4, -0.2) is 22.4 Å². The Morgan fingerprint density at radius 1 is 1.14 bits per heavy atom. The van der Waals surface area contributed by atoms with Gasteiger partial charge in [0.2, 0.25) is 0 Å². The Kier molecular flexibility index (Phi) is 5.57. The minimum absolute atomic E-state index is 0.318. The molecule has 0 saturated heterocycles. The third-order valence-corrected chi connectivity index (χ3v) is 3.44. The normalized spacial score (nSPS) is 10.9. The summed E-state index contributed by atoms with van der Waals surface area (Å²) in [4.78, 5) is 11.4. The van der Waals surface area contributed by atoms with Gasteiger partial charge in [0.05, 0.1) is 0 Å². The van der Waals surface area contributed by atoms with Crippen molar-refractivity contribution in [2.45, 2.75) is 33.2 Å². The maximum Gasteiger partial charge on any atom is 0.133 e. The largest absolute Gasteiger partial charge is 0.351 e. The zero-order chi connectivity index (χ0) is 15.2. The molecule has 0 aliphatic rings. The van der Waals surface area contributed by atoms with E-state index in [0.717, 1.165) is 30.4 Å². The van der Waals surface area contributed by atoms with Gasteiger partial charge in [0, 0.05) is 36.6 Å². The molecule has 0 radical (unpaired) electrons. The molecular formula is C17H22ClN3. The highest BCUT2D eigenvalue weighted by Gasteiger charge is 2.12. The fourth-order valence-corrected chi connectivity index (χ4v) is 2.38. The summed E-state index contributed by atoms with van der Waals surface area (Å²) in [6.07, 6.45) is 0. The van der Waals surface area contributed by atoms with Crippen LogP contribution in [0.1, 0.15) is 36.8 Å². The summed E-state index contributed by atoms with van der Waals surface area (Å²) in [6, 6.07) is 12.4. The lowest BCUT2D eigenvalue weighted by Crippen LogP contribution is -2.26. The van der Waals surface area contributed by atoms with E-state index >= 15 is 0 Å². The molecule has 1 aromatic heterocycles. The average molecular weight is 304 g/mol. The van der Waals surface area contributed by atoms with Crippen LogP contribution < -0.4 is 4.90 Å². The Balaban J connectivity index is 2.29. The highest BCUT2D eigenvalue weighted by atomic mass is 35.5. The molecule has 0 bridgehead atoms. The summed E-state index contributed by atoms with van der Waals surface area (Å²) in [5, 5.41) is 0. The van der Waals surface area contributed by atoms with Crippen molar-refractivity contribution in [2.75, 3.05) is 17.3 Å². The van der Waals surface area contributed by atoms with Crippen molar-refractivity contribution < 1.29 is 0 Å². The van der Waals surface area contributed by atoms with Crippen LogP contribution in [0.25, 0.3) is 0 Å². The van der Waals surface area contributed by atoms with Crippen LogP contribution in [0.15, 0.2) is 36.4 Å². The first kappa shape index (κ1) is 15.8. The van der Waals surface area contributed by atoms with Gasteiger partial charge in [0.15, 0.2) is 0 Å². The van der Waals surface area contributed by atoms with Gasteiger partial charge in [0.1, 0.15) is 11.6 Å². The first-order valence-corrected chi connectivity index (χ1v) is 7.84. The van der Waals surface area contributed by atoms with E-state index in [0.29, 0.717) is 11.8 Å². The average Bonchev–Trinajstić information content (AvgIpc) is 2.47. The fraction of sp³-hybridized carbons (Fsp3) is 0.412. The van der Waals surface area contributed by atoms with E-state index in [1.807, 2.05) is 19.1 Å². The second-order valence-corrected chi connectivity index (χ2v) is 5.85. The number of aryl methyl sites for hydroxylation is 1. The van der Waals surface area contributed by atoms with Crippen LogP contribution in [0.4, 0.5) is 5.82 Å². The van der Waals surface area contributed by atoms with Gasteiger partial charge >= 0.3 is 0 Å². The number of anilines is 1. The third kappa shape index (κ3) is 4.43. The number of nitrogens with zero attached hydrogens (tertiary/aromatic N) is 3. The number of aromatic nitrogens is 2. The molecule has 1 aromatic carbocycles. The first-order chi connectivity index (χ1) is 10.1. The van der Waals surface area contributed by atoms with Gasteiger partial charge in [-0.15, -0.1) is 11.6 Å². The number of hydrogen-bond acceptors (Lipinski definition) is 3. The summed E-state index contributed by atoms with van der Waals surface area (Å²) >= 11 is 5.97. The minimum Gasteiger partial charge on any atom is -0.351 e. The van der Waals surface area contributed by atoms with Gasteiger partial charge in [-0.1, -0.05) is 44.2 Å². The molecule has 21 heavy (non-hydrogen) atoms. The Hall–Kier alpha value is -1.61. The van der Waals surface area contributed by atoms with Crippen LogP contribution in [0.5, 0.6) is 0 Å². The summed E-state index contributed by atoms with van der Waals surface area (Å²) in [5.74, 6) is 2.74. The van der Waals surface area contributed by atoms with Crippen LogP contribution >= 0.6 is 11.6 Å². The van der Waals surface area contributed by atoms with E-state index in [-0.39, 0.29) is 0 Å². The maximum absolute atomic E-state index is 5.97. The molecule has 2 rings (SSSR count). The number of hydrogen-bond donors (Lipinski definition) is 0. The standard InChI is InChI=1S/C17H22ClN3/c1-13(2)17-19-14(3)11-16(20-17)21(10-9-18)12-15-7-5-4-6-8-15/h4-8,11,13H,9-10,12H2,1-3H3. The highest BCUT2D eigenvalue weighted by molar-refractivity contribution is 6.18. The van der Waals surface area contributed by atoms with E-state index in [1.165, 1.54) is 5.56 Å². The summed E-state index contributed by atoms with van der Waals surface area (Å²) < 4.78 is 0. The Morgan fingerprint density at radius 2 is 1.86 bits per heavy atom. The summed E-state index contributed by atoms with van der Waals surface area (Å²) in [7, 11) is 0. The number of benzene rings is 1. The molecule has 0 saturated carbocycles. The van der Waals surface area contributed by atoms with E-state index in [2.05, 4.69) is 48.0 Å². The molecule has 0 aliphatic heterocycles. The van der Waals surface area contributed by atoms with Gasteiger partial charge in [-0.2, -0.15) is 0 Å². The number of rotatable bonds is 6. The van der Waals surface area contributed by atoms with Crippen molar-refractivity contribution in [1.82, 2.24) is 9.97 Å². The highest BCUT2D eigenvalue weighted by Crippen LogP contribution is 2.19. The van der Waals surface area contributed by atoms with Crippen molar-refractivity contribution in [2.24, 2.45) is 0 Å². The molecule has 0 atom stereocenters. The molecule has 3 nitrogen and oxygen atoms in total. The molecule has 0 N–H and O–H groups in total. The van der Waals surface area contributed by atoms with Gasteiger partial charge in [0.25, 0.3) is 0 Å². The third-order valence-electron chi connectivity index (χ3n) is 3.27. The zero-order valence-corrected chi connectivity index (χ0v) is 13.6. The van der Waals surface area contributed by atoms with Crippen LogP contribution in [0.2, 0.25) is 0 Å². The number of alkyl halides is 1. The fourth-order valence-electron chi connectivity index (χ4n) is 2.18. The monoisotopic (exact) mass is 303 g/mol. The van der Waals surface area contributed by atoms with Gasteiger partial charge < -0.3 is 4.90 Å². The quantitative estimate of drug-likeness (QED) is 0.751. The zero-order valence-electron chi connectivity index (χ0n) is 12.9. The predicted octanol–water partition coefficient (Wildman–Crippen LogP) is 4.15.